The van der Waals surface area contributed by atoms with E-state index in [0.717, 1.165) is 4.90 Å². The molecule has 0 radical (unpaired) electrons. The Bertz CT molecular complexity index is 1010. The number of rotatable bonds is 8. The van der Waals surface area contributed by atoms with Crippen molar-refractivity contribution in [2.45, 2.75) is 6.92 Å². The van der Waals surface area contributed by atoms with Crippen LogP contribution < -0.4 is 10.1 Å². The minimum Gasteiger partial charge on any atom is -0.494 e. The van der Waals surface area contributed by atoms with Gasteiger partial charge in [0.25, 0.3) is 17.5 Å². The van der Waals surface area contributed by atoms with Crippen molar-refractivity contribution in [2.75, 3.05) is 18.5 Å². The number of carbonyl (C=O) groups excluding carboxylic acids is 2. The van der Waals surface area contributed by atoms with Gasteiger partial charge in [0, 0.05) is 30.4 Å². The standard InChI is InChI=1S/C21H19N3O5/c1-3-12-23-20(25)18(14-8-10-16(11-9-14)24(27)28)19(21(23)26)22-15-6-5-7-17(13-15)29-4-2/h3,5-11,13,22H,1,4,12H2,2H3. The fourth-order valence-corrected chi connectivity index (χ4v) is 2.98. The second-order valence-electron chi connectivity index (χ2n) is 6.15. The van der Waals surface area contributed by atoms with Crippen molar-refractivity contribution in [1.82, 2.24) is 4.90 Å². The predicted molar refractivity (Wildman–Crippen MR) is 108 cm³/mol. The normalized spacial score (nSPS) is 13.6. The third kappa shape index (κ3) is 4.01. The van der Waals surface area contributed by atoms with E-state index >= 15 is 0 Å². The summed E-state index contributed by atoms with van der Waals surface area (Å²) in [5.41, 5.74) is 1.12. The fraction of sp³-hybridized carbons (Fsp3) is 0.143. The molecule has 29 heavy (non-hydrogen) atoms. The zero-order valence-corrected chi connectivity index (χ0v) is 15.8. The van der Waals surface area contributed by atoms with Crippen LogP contribution in [0.5, 0.6) is 5.75 Å². The number of ether oxygens (including phenoxy) is 1. The van der Waals surface area contributed by atoms with Gasteiger partial charge in [-0.05, 0) is 36.8 Å². The van der Waals surface area contributed by atoms with E-state index in [9.17, 15) is 19.7 Å². The Morgan fingerprint density at radius 1 is 1.17 bits per heavy atom. The number of nitro groups is 1. The monoisotopic (exact) mass is 393 g/mol. The van der Waals surface area contributed by atoms with Crippen molar-refractivity contribution < 1.29 is 19.2 Å². The van der Waals surface area contributed by atoms with Crippen molar-refractivity contribution in [3.63, 3.8) is 0 Å². The summed E-state index contributed by atoms with van der Waals surface area (Å²) in [7, 11) is 0. The van der Waals surface area contributed by atoms with Gasteiger partial charge in [0.2, 0.25) is 0 Å². The van der Waals surface area contributed by atoms with Gasteiger partial charge in [0.15, 0.2) is 0 Å². The molecule has 0 atom stereocenters. The second kappa shape index (κ2) is 8.39. The number of amides is 2. The van der Waals surface area contributed by atoms with Crippen LogP contribution in [0.3, 0.4) is 0 Å². The van der Waals surface area contributed by atoms with Gasteiger partial charge in [-0.3, -0.25) is 24.6 Å². The predicted octanol–water partition coefficient (Wildman–Crippen LogP) is 3.37. The van der Waals surface area contributed by atoms with Gasteiger partial charge in [-0.15, -0.1) is 6.58 Å². The molecule has 2 aromatic rings. The van der Waals surface area contributed by atoms with E-state index in [1.165, 1.54) is 30.3 Å². The molecule has 1 N–H and O–H groups in total. The number of imide groups is 1. The van der Waals surface area contributed by atoms with Crippen LogP contribution in [0.4, 0.5) is 11.4 Å². The van der Waals surface area contributed by atoms with Gasteiger partial charge in [0.05, 0.1) is 17.1 Å². The smallest absolute Gasteiger partial charge is 0.278 e. The third-order valence-electron chi connectivity index (χ3n) is 4.26. The highest BCUT2D eigenvalue weighted by molar-refractivity contribution is 6.36. The van der Waals surface area contributed by atoms with Crippen LogP contribution in [0.1, 0.15) is 12.5 Å². The maximum absolute atomic E-state index is 12.9. The molecule has 148 valence electrons. The summed E-state index contributed by atoms with van der Waals surface area (Å²) in [5.74, 6) is -0.369. The fourth-order valence-electron chi connectivity index (χ4n) is 2.98. The minimum absolute atomic E-state index is 0.0539. The zero-order chi connectivity index (χ0) is 21.0. The Kier molecular flexibility index (Phi) is 5.73. The van der Waals surface area contributed by atoms with Gasteiger partial charge in [-0.2, -0.15) is 0 Å². The summed E-state index contributed by atoms with van der Waals surface area (Å²) < 4.78 is 5.47. The molecule has 1 aliphatic heterocycles. The molecule has 8 heteroatoms. The first-order chi connectivity index (χ1) is 14.0. The average molecular weight is 393 g/mol. The molecular formula is C21H19N3O5. The molecule has 0 spiro atoms. The van der Waals surface area contributed by atoms with Crippen LogP contribution in [0.25, 0.3) is 5.57 Å². The Hall–Kier alpha value is -3.94. The van der Waals surface area contributed by atoms with Crippen LogP contribution in [0, 0.1) is 10.1 Å². The lowest BCUT2D eigenvalue weighted by Crippen LogP contribution is -2.32. The van der Waals surface area contributed by atoms with E-state index in [-0.39, 0.29) is 23.5 Å². The molecule has 8 nitrogen and oxygen atoms in total. The van der Waals surface area contributed by atoms with E-state index in [2.05, 4.69) is 11.9 Å². The molecule has 0 aliphatic carbocycles. The van der Waals surface area contributed by atoms with Crippen LogP contribution >= 0.6 is 0 Å². The summed E-state index contributed by atoms with van der Waals surface area (Å²) >= 11 is 0. The van der Waals surface area contributed by atoms with E-state index in [0.29, 0.717) is 23.6 Å². The molecule has 0 aromatic heterocycles. The third-order valence-corrected chi connectivity index (χ3v) is 4.26. The van der Waals surface area contributed by atoms with Gasteiger partial charge in [0.1, 0.15) is 11.4 Å². The molecule has 0 unspecified atom stereocenters. The van der Waals surface area contributed by atoms with Gasteiger partial charge < -0.3 is 10.1 Å². The van der Waals surface area contributed by atoms with Gasteiger partial charge >= 0.3 is 0 Å². The maximum atomic E-state index is 12.9. The lowest BCUT2D eigenvalue weighted by atomic mass is 10.0. The molecule has 1 heterocycles. The summed E-state index contributed by atoms with van der Waals surface area (Å²) in [6.07, 6.45) is 1.46. The number of nitrogens with zero attached hydrogens (tertiary/aromatic N) is 2. The van der Waals surface area contributed by atoms with Crippen molar-refractivity contribution in [3.8, 4) is 5.75 Å². The lowest BCUT2D eigenvalue weighted by molar-refractivity contribution is -0.384. The first-order valence-corrected chi connectivity index (χ1v) is 8.92. The highest BCUT2D eigenvalue weighted by atomic mass is 16.6. The number of non-ortho nitro benzene ring substituents is 1. The lowest BCUT2D eigenvalue weighted by Gasteiger charge is -2.13. The Labute approximate surface area is 167 Å². The van der Waals surface area contributed by atoms with Crippen LogP contribution in [-0.2, 0) is 9.59 Å². The van der Waals surface area contributed by atoms with Gasteiger partial charge in [-0.25, -0.2) is 0 Å². The Balaban J connectivity index is 2.04. The van der Waals surface area contributed by atoms with Crippen LogP contribution in [0.2, 0.25) is 0 Å². The second-order valence-corrected chi connectivity index (χ2v) is 6.15. The number of hydrogen-bond donors (Lipinski definition) is 1. The topological polar surface area (TPSA) is 102 Å². The molecular weight excluding hydrogens is 374 g/mol. The van der Waals surface area contributed by atoms with Crippen molar-refractivity contribution in [2.24, 2.45) is 0 Å². The number of nitro benzene ring substituents is 1. The van der Waals surface area contributed by atoms with Crippen molar-refractivity contribution in [1.29, 1.82) is 0 Å². The summed E-state index contributed by atoms with van der Waals surface area (Å²) in [6.45, 7) is 5.99. The van der Waals surface area contributed by atoms with Crippen LogP contribution in [-0.4, -0.2) is 34.8 Å². The first kappa shape index (κ1) is 19.8. The Morgan fingerprint density at radius 3 is 2.52 bits per heavy atom. The summed E-state index contributed by atoms with van der Waals surface area (Å²) in [4.78, 5) is 37.2. The highest BCUT2D eigenvalue weighted by Crippen LogP contribution is 2.32. The first-order valence-electron chi connectivity index (χ1n) is 8.92. The van der Waals surface area contributed by atoms with E-state index in [4.69, 9.17) is 4.74 Å². The molecule has 0 saturated heterocycles. The van der Waals surface area contributed by atoms with Gasteiger partial charge in [-0.1, -0.05) is 12.1 Å². The molecule has 1 aliphatic rings. The SMILES string of the molecule is C=CCN1C(=O)C(Nc2cccc(OCC)c2)=C(c2ccc([N+](=O)[O-])cc2)C1=O. The largest absolute Gasteiger partial charge is 0.494 e. The number of nitrogens with one attached hydrogen (secondary N) is 1. The number of hydrogen-bond acceptors (Lipinski definition) is 6. The number of benzene rings is 2. The summed E-state index contributed by atoms with van der Waals surface area (Å²) in [6, 6.07) is 12.5. The maximum Gasteiger partial charge on any atom is 0.278 e. The molecule has 0 fully saturated rings. The summed E-state index contributed by atoms with van der Waals surface area (Å²) in [5, 5.41) is 13.9. The number of carbonyl (C=O) groups is 2. The van der Waals surface area contributed by atoms with Crippen LogP contribution in [0.15, 0.2) is 66.9 Å². The molecule has 0 bridgehead atoms. The minimum atomic E-state index is -0.526. The van der Waals surface area contributed by atoms with E-state index in [1.54, 1.807) is 24.3 Å². The Morgan fingerprint density at radius 2 is 1.90 bits per heavy atom. The highest BCUT2D eigenvalue weighted by Gasteiger charge is 2.38. The molecule has 3 rings (SSSR count). The van der Waals surface area contributed by atoms with E-state index in [1.807, 2.05) is 6.92 Å². The average Bonchev–Trinajstić information content (AvgIpc) is 2.93. The number of anilines is 1. The van der Waals surface area contributed by atoms with Crippen molar-refractivity contribution >= 4 is 28.8 Å². The van der Waals surface area contributed by atoms with Crippen molar-refractivity contribution in [3.05, 3.63) is 82.6 Å². The molecule has 0 saturated carbocycles. The quantitative estimate of drug-likeness (QED) is 0.319. The van der Waals surface area contributed by atoms with E-state index < -0.39 is 16.7 Å². The molecule has 2 aromatic carbocycles. The zero-order valence-electron chi connectivity index (χ0n) is 15.8. The molecule has 2 amide bonds.